The second kappa shape index (κ2) is 6.93. The maximum atomic E-state index is 12.9. The number of carbonyl (C=O) groups is 2. The van der Waals surface area contributed by atoms with Gasteiger partial charge in [0.05, 0.1) is 11.4 Å². The molecule has 0 N–H and O–H groups in total. The second-order valence-electron chi connectivity index (χ2n) is 6.07. The number of rotatable bonds is 4. The van der Waals surface area contributed by atoms with Crippen molar-refractivity contribution in [2.24, 2.45) is 0 Å². The van der Waals surface area contributed by atoms with E-state index in [-0.39, 0.29) is 36.8 Å². The Morgan fingerprint density at radius 1 is 1.12 bits per heavy atom. The van der Waals surface area contributed by atoms with Crippen LogP contribution in [-0.4, -0.2) is 31.0 Å². The molecular weight excluding hydrogens is 323 g/mol. The van der Waals surface area contributed by atoms with Gasteiger partial charge in [-0.1, -0.05) is 12.1 Å². The van der Waals surface area contributed by atoms with E-state index in [1.54, 1.807) is 4.90 Å². The van der Waals surface area contributed by atoms with Crippen LogP contribution in [0, 0.1) is 5.82 Å². The first-order valence-corrected chi connectivity index (χ1v) is 8.07. The highest BCUT2D eigenvalue weighted by Gasteiger charge is 2.33. The molecule has 0 aliphatic carbocycles. The summed E-state index contributed by atoms with van der Waals surface area (Å²) in [5.41, 5.74) is 1.40. The van der Waals surface area contributed by atoms with Gasteiger partial charge < -0.3 is 9.64 Å². The topological polar surface area (TPSA) is 49.9 Å². The number of anilines is 2. The molecule has 1 aliphatic heterocycles. The van der Waals surface area contributed by atoms with E-state index in [0.29, 0.717) is 17.1 Å². The van der Waals surface area contributed by atoms with Crippen molar-refractivity contribution in [1.82, 2.24) is 0 Å². The number of halogens is 1. The monoisotopic (exact) mass is 342 g/mol. The molecule has 0 unspecified atom stereocenters. The van der Waals surface area contributed by atoms with Gasteiger partial charge in [0.1, 0.15) is 18.1 Å². The number of carbonyl (C=O) groups excluding carboxylic acids is 2. The van der Waals surface area contributed by atoms with Gasteiger partial charge in [0.2, 0.25) is 5.91 Å². The maximum Gasteiger partial charge on any atom is 0.265 e. The summed E-state index contributed by atoms with van der Waals surface area (Å²) in [5.74, 6) is -0.435. The van der Waals surface area contributed by atoms with Gasteiger partial charge in [0, 0.05) is 6.04 Å². The highest BCUT2D eigenvalue weighted by molar-refractivity contribution is 6.11. The van der Waals surface area contributed by atoms with Gasteiger partial charge in [0.25, 0.3) is 5.91 Å². The molecule has 5 nitrogen and oxygen atoms in total. The lowest BCUT2D eigenvalue weighted by Gasteiger charge is -2.38. The van der Waals surface area contributed by atoms with E-state index in [2.05, 4.69) is 0 Å². The minimum Gasteiger partial charge on any atom is -0.484 e. The summed E-state index contributed by atoms with van der Waals surface area (Å²) in [6, 6.07) is 12.7. The summed E-state index contributed by atoms with van der Waals surface area (Å²) in [4.78, 5) is 28.2. The average Bonchev–Trinajstić information content (AvgIpc) is 2.59. The first kappa shape index (κ1) is 17.0. The van der Waals surface area contributed by atoms with Crippen LogP contribution in [0.1, 0.15) is 13.8 Å². The Morgan fingerprint density at radius 2 is 1.76 bits per heavy atom. The molecular formula is C19H19FN2O3. The first-order valence-electron chi connectivity index (χ1n) is 8.07. The van der Waals surface area contributed by atoms with Crippen molar-refractivity contribution in [3.63, 3.8) is 0 Å². The Labute approximate surface area is 145 Å². The van der Waals surface area contributed by atoms with E-state index >= 15 is 0 Å². The quantitative estimate of drug-likeness (QED) is 0.858. The zero-order valence-corrected chi connectivity index (χ0v) is 14.1. The summed E-state index contributed by atoms with van der Waals surface area (Å²) < 4.78 is 18.3. The summed E-state index contributed by atoms with van der Waals surface area (Å²) in [6.07, 6.45) is 0. The fourth-order valence-corrected chi connectivity index (χ4v) is 2.87. The highest BCUT2D eigenvalue weighted by atomic mass is 19.1. The number of nitrogens with zero attached hydrogens (tertiary/aromatic N) is 2. The normalized spacial score (nSPS) is 13.8. The van der Waals surface area contributed by atoms with Gasteiger partial charge in [-0.15, -0.1) is 0 Å². The van der Waals surface area contributed by atoms with Crippen LogP contribution in [0.25, 0.3) is 0 Å². The summed E-state index contributed by atoms with van der Waals surface area (Å²) in [7, 11) is 0. The van der Waals surface area contributed by atoms with Crippen LogP contribution in [0.15, 0.2) is 48.5 Å². The number of fused-ring (bicyclic) bond motifs is 1. The fourth-order valence-electron chi connectivity index (χ4n) is 2.87. The number of para-hydroxylation sites is 2. The molecule has 6 heteroatoms. The Kier molecular flexibility index (Phi) is 4.70. The lowest BCUT2D eigenvalue weighted by Crippen LogP contribution is -2.51. The predicted octanol–water partition coefficient (Wildman–Crippen LogP) is 2.99. The van der Waals surface area contributed by atoms with E-state index in [1.807, 2.05) is 38.1 Å². The molecule has 0 saturated carbocycles. The minimum atomic E-state index is -0.372. The smallest absolute Gasteiger partial charge is 0.265 e. The standard InChI is InChI=1S/C19H19FN2O3/c1-13(2)22-17-6-4-3-5-16(17)21(11-18(22)23)19(24)12-25-15-9-7-14(20)8-10-15/h3-10,13H,11-12H2,1-2H3. The number of ether oxygens (including phenoxy) is 1. The van der Waals surface area contributed by atoms with Gasteiger partial charge in [-0.05, 0) is 50.2 Å². The Hall–Kier alpha value is -2.89. The van der Waals surface area contributed by atoms with E-state index < -0.39 is 0 Å². The average molecular weight is 342 g/mol. The highest BCUT2D eigenvalue weighted by Crippen LogP contribution is 2.34. The molecule has 0 fully saturated rings. The second-order valence-corrected chi connectivity index (χ2v) is 6.07. The van der Waals surface area contributed by atoms with Crippen molar-refractivity contribution in [3.05, 3.63) is 54.3 Å². The molecule has 1 aliphatic rings. The lowest BCUT2D eigenvalue weighted by molar-refractivity contribution is -0.124. The largest absolute Gasteiger partial charge is 0.484 e. The third-order valence-electron chi connectivity index (χ3n) is 3.99. The van der Waals surface area contributed by atoms with Gasteiger partial charge >= 0.3 is 0 Å². The molecule has 0 radical (unpaired) electrons. The molecule has 2 aromatic rings. The van der Waals surface area contributed by atoms with Crippen LogP contribution in [0.4, 0.5) is 15.8 Å². The third-order valence-corrected chi connectivity index (χ3v) is 3.99. The molecule has 0 aromatic heterocycles. The predicted molar refractivity (Wildman–Crippen MR) is 93.3 cm³/mol. The Bertz CT molecular complexity index is 790. The van der Waals surface area contributed by atoms with Crippen molar-refractivity contribution in [3.8, 4) is 5.75 Å². The zero-order chi connectivity index (χ0) is 18.0. The van der Waals surface area contributed by atoms with E-state index in [9.17, 15) is 14.0 Å². The van der Waals surface area contributed by atoms with Crippen LogP contribution in [0.3, 0.4) is 0 Å². The number of amides is 2. The molecule has 0 spiro atoms. The summed E-state index contributed by atoms with van der Waals surface area (Å²) >= 11 is 0. The van der Waals surface area contributed by atoms with Gasteiger partial charge in [0.15, 0.2) is 6.61 Å². The van der Waals surface area contributed by atoms with Crippen molar-refractivity contribution in [1.29, 1.82) is 0 Å². The lowest BCUT2D eigenvalue weighted by atomic mass is 10.1. The van der Waals surface area contributed by atoms with Crippen LogP contribution >= 0.6 is 0 Å². The molecule has 0 atom stereocenters. The van der Waals surface area contributed by atoms with E-state index in [0.717, 1.165) is 0 Å². The third kappa shape index (κ3) is 3.47. The Balaban J connectivity index is 1.79. The summed E-state index contributed by atoms with van der Waals surface area (Å²) in [6.45, 7) is 3.61. The number of benzene rings is 2. The van der Waals surface area contributed by atoms with Crippen LogP contribution in [-0.2, 0) is 9.59 Å². The molecule has 130 valence electrons. The van der Waals surface area contributed by atoms with Crippen LogP contribution in [0.2, 0.25) is 0 Å². The van der Waals surface area contributed by atoms with Crippen molar-refractivity contribution in [2.45, 2.75) is 19.9 Å². The molecule has 0 bridgehead atoms. The maximum absolute atomic E-state index is 12.9. The van der Waals surface area contributed by atoms with Gasteiger partial charge in [-0.3, -0.25) is 14.5 Å². The SMILES string of the molecule is CC(C)N1C(=O)CN(C(=O)COc2ccc(F)cc2)c2ccccc21. The Morgan fingerprint density at radius 3 is 2.40 bits per heavy atom. The fraction of sp³-hybridized carbons (Fsp3) is 0.263. The molecule has 3 rings (SSSR count). The van der Waals surface area contributed by atoms with Crippen LogP contribution < -0.4 is 14.5 Å². The molecule has 0 saturated heterocycles. The van der Waals surface area contributed by atoms with Crippen LogP contribution in [0.5, 0.6) is 5.75 Å². The van der Waals surface area contributed by atoms with E-state index in [4.69, 9.17) is 4.74 Å². The summed E-state index contributed by atoms with van der Waals surface area (Å²) in [5, 5.41) is 0. The zero-order valence-electron chi connectivity index (χ0n) is 14.1. The first-order chi connectivity index (χ1) is 12.0. The van der Waals surface area contributed by atoms with E-state index in [1.165, 1.54) is 29.2 Å². The van der Waals surface area contributed by atoms with Crippen molar-refractivity contribution in [2.75, 3.05) is 23.0 Å². The number of hydrogen-bond acceptors (Lipinski definition) is 3. The van der Waals surface area contributed by atoms with Crippen molar-refractivity contribution >= 4 is 23.2 Å². The molecule has 2 amide bonds. The minimum absolute atomic E-state index is 0.00127. The van der Waals surface area contributed by atoms with Crippen molar-refractivity contribution < 1.29 is 18.7 Å². The van der Waals surface area contributed by atoms with Gasteiger partial charge in [-0.25, -0.2) is 4.39 Å². The van der Waals surface area contributed by atoms with Gasteiger partial charge in [-0.2, -0.15) is 0 Å². The molecule has 2 aromatic carbocycles. The molecule has 25 heavy (non-hydrogen) atoms. The number of hydrogen-bond donors (Lipinski definition) is 0. The molecule has 1 heterocycles.